The molecule has 2 N–H and O–H groups in total. The molecule has 4 nitrogen and oxygen atoms in total. The van der Waals surface area contributed by atoms with Crippen molar-refractivity contribution in [1.29, 1.82) is 0 Å². The molecule has 0 saturated heterocycles. The van der Waals surface area contributed by atoms with Gasteiger partial charge in [-0.25, -0.2) is 9.59 Å². The van der Waals surface area contributed by atoms with Crippen molar-refractivity contribution >= 4 is 11.9 Å². The van der Waals surface area contributed by atoms with E-state index in [1.807, 2.05) is 6.07 Å². The molecule has 1 aromatic rings. The second-order valence-corrected chi connectivity index (χ2v) is 9.45. The molecule has 0 aliphatic rings. The molecule has 30 heavy (non-hydrogen) atoms. The molecule has 0 spiro atoms. The van der Waals surface area contributed by atoms with E-state index in [1.165, 1.54) is 51.0 Å². The van der Waals surface area contributed by atoms with Gasteiger partial charge in [-0.1, -0.05) is 91.5 Å². The summed E-state index contributed by atoms with van der Waals surface area (Å²) < 4.78 is 0. The van der Waals surface area contributed by atoms with Crippen molar-refractivity contribution in [2.24, 2.45) is 11.8 Å². The third-order valence-electron chi connectivity index (χ3n) is 5.69. The van der Waals surface area contributed by atoms with Gasteiger partial charge in [0.15, 0.2) is 0 Å². The highest BCUT2D eigenvalue weighted by atomic mass is 16.4. The molecule has 0 heterocycles. The molecule has 0 atom stereocenters. The average molecular weight is 419 g/mol. The van der Waals surface area contributed by atoms with Crippen LogP contribution in [0.2, 0.25) is 0 Å². The Balaban J connectivity index is 2.52. The zero-order valence-corrected chi connectivity index (χ0v) is 19.5. The van der Waals surface area contributed by atoms with E-state index in [0.717, 1.165) is 42.7 Å². The van der Waals surface area contributed by atoms with Gasteiger partial charge in [-0.3, -0.25) is 0 Å². The van der Waals surface area contributed by atoms with Crippen molar-refractivity contribution in [2.75, 3.05) is 0 Å². The Morgan fingerprint density at radius 2 is 1.27 bits per heavy atom. The molecule has 0 amide bonds. The first-order valence-electron chi connectivity index (χ1n) is 11.8. The van der Waals surface area contributed by atoms with Crippen LogP contribution >= 0.6 is 0 Å². The largest absolute Gasteiger partial charge is 0.478 e. The summed E-state index contributed by atoms with van der Waals surface area (Å²) in [6.07, 6.45) is 13.7. The minimum Gasteiger partial charge on any atom is -0.478 e. The molecule has 0 saturated carbocycles. The van der Waals surface area contributed by atoms with Crippen molar-refractivity contribution in [3.8, 4) is 0 Å². The van der Waals surface area contributed by atoms with Gasteiger partial charge in [0, 0.05) is 0 Å². The van der Waals surface area contributed by atoms with Gasteiger partial charge in [0.2, 0.25) is 0 Å². The van der Waals surface area contributed by atoms with Gasteiger partial charge in [-0.15, -0.1) is 0 Å². The van der Waals surface area contributed by atoms with Crippen molar-refractivity contribution in [3.05, 3.63) is 34.4 Å². The van der Waals surface area contributed by atoms with Gasteiger partial charge in [-0.2, -0.15) is 0 Å². The van der Waals surface area contributed by atoms with E-state index in [1.54, 1.807) is 0 Å². The highest BCUT2D eigenvalue weighted by Crippen LogP contribution is 2.25. The molecule has 0 bridgehead atoms. The van der Waals surface area contributed by atoms with Gasteiger partial charge in [0.05, 0.1) is 11.1 Å². The molecule has 1 aromatic carbocycles. The monoisotopic (exact) mass is 418 g/mol. The second kappa shape index (κ2) is 14.2. The van der Waals surface area contributed by atoms with E-state index >= 15 is 0 Å². The van der Waals surface area contributed by atoms with Crippen LogP contribution in [0.3, 0.4) is 0 Å². The van der Waals surface area contributed by atoms with Crippen molar-refractivity contribution in [2.45, 2.75) is 105 Å². The summed E-state index contributed by atoms with van der Waals surface area (Å²) >= 11 is 0. The lowest BCUT2D eigenvalue weighted by atomic mass is 9.88. The molecule has 0 fully saturated rings. The third-order valence-corrected chi connectivity index (χ3v) is 5.69. The van der Waals surface area contributed by atoms with Gasteiger partial charge in [-0.05, 0) is 48.3 Å². The van der Waals surface area contributed by atoms with Gasteiger partial charge >= 0.3 is 11.9 Å². The fourth-order valence-electron chi connectivity index (χ4n) is 4.12. The van der Waals surface area contributed by atoms with Crippen LogP contribution in [0, 0.1) is 11.8 Å². The van der Waals surface area contributed by atoms with Crippen LogP contribution < -0.4 is 0 Å². The van der Waals surface area contributed by atoms with Crippen molar-refractivity contribution < 1.29 is 19.8 Å². The fraction of sp³-hybridized carbons (Fsp3) is 0.692. The molecule has 0 aliphatic heterocycles. The lowest BCUT2D eigenvalue weighted by Gasteiger charge is -2.16. The summed E-state index contributed by atoms with van der Waals surface area (Å²) in [5.74, 6) is -1.10. The Morgan fingerprint density at radius 3 is 1.73 bits per heavy atom. The van der Waals surface area contributed by atoms with Crippen molar-refractivity contribution in [1.82, 2.24) is 0 Å². The number of carbonyl (C=O) groups is 2. The minimum absolute atomic E-state index is 0.0120. The summed E-state index contributed by atoms with van der Waals surface area (Å²) in [5, 5.41) is 19.1. The molecule has 1 rings (SSSR count). The Morgan fingerprint density at radius 1 is 0.733 bits per heavy atom. The standard InChI is InChI=1S/C26H42O4/c1-19(2)14-12-10-8-6-5-7-9-11-13-15-22-21(18-20(3)4)16-17-23(25(27)28)24(22)26(29)30/h16-17,19-20H,5-15,18H2,1-4H3,(H,27,28)(H,29,30). The van der Waals surface area contributed by atoms with Crippen LogP contribution in [0.15, 0.2) is 12.1 Å². The van der Waals surface area contributed by atoms with Crippen LogP contribution in [0.25, 0.3) is 0 Å². The predicted octanol–water partition coefficient (Wildman–Crippen LogP) is 7.38. The number of hydrogen-bond donors (Lipinski definition) is 2. The van der Waals surface area contributed by atoms with E-state index in [-0.39, 0.29) is 11.1 Å². The SMILES string of the molecule is CC(C)CCCCCCCCCCCc1c(CC(C)C)ccc(C(=O)O)c1C(=O)O. The predicted molar refractivity (Wildman–Crippen MR) is 124 cm³/mol. The fourth-order valence-corrected chi connectivity index (χ4v) is 4.12. The molecule has 0 aliphatic carbocycles. The minimum atomic E-state index is -1.17. The van der Waals surface area contributed by atoms with Gasteiger partial charge < -0.3 is 10.2 Å². The highest BCUT2D eigenvalue weighted by molar-refractivity contribution is 6.03. The summed E-state index contributed by atoms with van der Waals surface area (Å²) in [4.78, 5) is 23.4. The summed E-state index contributed by atoms with van der Waals surface area (Å²) in [5.41, 5.74) is 1.60. The Labute approximate surface area is 183 Å². The maximum Gasteiger partial charge on any atom is 0.336 e. The van der Waals surface area contributed by atoms with E-state index in [9.17, 15) is 19.8 Å². The topological polar surface area (TPSA) is 74.6 Å². The molecule has 0 aromatic heterocycles. The third kappa shape index (κ3) is 9.77. The van der Waals surface area contributed by atoms with Crippen molar-refractivity contribution in [3.63, 3.8) is 0 Å². The molecule has 170 valence electrons. The van der Waals surface area contributed by atoms with Crippen LogP contribution in [0.5, 0.6) is 0 Å². The van der Waals surface area contributed by atoms with Gasteiger partial charge in [0.25, 0.3) is 0 Å². The van der Waals surface area contributed by atoms with Crippen LogP contribution in [-0.2, 0) is 12.8 Å². The first-order chi connectivity index (χ1) is 14.2. The molecule has 4 heteroatoms. The van der Waals surface area contributed by atoms with E-state index in [4.69, 9.17) is 0 Å². The maximum absolute atomic E-state index is 11.8. The first kappa shape index (κ1) is 26.2. The summed E-state index contributed by atoms with van der Waals surface area (Å²) in [7, 11) is 0. The molecule has 0 unspecified atom stereocenters. The summed E-state index contributed by atoms with van der Waals surface area (Å²) in [6.45, 7) is 8.75. The number of carboxylic acid groups (broad SMARTS) is 2. The normalized spacial score (nSPS) is 11.4. The lowest BCUT2D eigenvalue weighted by Crippen LogP contribution is -2.14. The summed E-state index contributed by atoms with van der Waals surface area (Å²) in [6, 6.07) is 3.26. The number of carboxylic acids is 2. The maximum atomic E-state index is 11.8. The average Bonchev–Trinajstić information content (AvgIpc) is 2.65. The van der Waals surface area contributed by atoms with Crippen LogP contribution in [0.1, 0.15) is 124 Å². The quantitative estimate of drug-likeness (QED) is 0.275. The number of rotatable bonds is 16. The number of unbranched alkanes of at least 4 members (excludes halogenated alkanes) is 8. The Kier molecular flexibility index (Phi) is 12.4. The Hall–Kier alpha value is -1.84. The second-order valence-electron chi connectivity index (χ2n) is 9.45. The lowest BCUT2D eigenvalue weighted by molar-refractivity contribution is 0.0650. The first-order valence-corrected chi connectivity index (χ1v) is 11.8. The van der Waals surface area contributed by atoms with Gasteiger partial charge in [0.1, 0.15) is 0 Å². The van der Waals surface area contributed by atoms with Crippen LogP contribution in [0.4, 0.5) is 0 Å². The zero-order valence-electron chi connectivity index (χ0n) is 19.5. The number of hydrogen-bond acceptors (Lipinski definition) is 2. The number of aromatic carboxylic acids is 2. The molecular formula is C26H42O4. The van der Waals surface area contributed by atoms with E-state index in [0.29, 0.717) is 12.3 Å². The van der Waals surface area contributed by atoms with E-state index in [2.05, 4.69) is 27.7 Å². The molecular weight excluding hydrogens is 376 g/mol. The smallest absolute Gasteiger partial charge is 0.336 e. The highest BCUT2D eigenvalue weighted by Gasteiger charge is 2.22. The zero-order chi connectivity index (χ0) is 22.5. The van der Waals surface area contributed by atoms with E-state index < -0.39 is 11.9 Å². The van der Waals surface area contributed by atoms with Crippen LogP contribution in [-0.4, -0.2) is 22.2 Å². The number of benzene rings is 1. The Bertz CT molecular complexity index is 661. The molecule has 0 radical (unpaired) electrons.